The van der Waals surface area contributed by atoms with Crippen molar-refractivity contribution in [3.8, 4) is 0 Å². The van der Waals surface area contributed by atoms with E-state index in [4.69, 9.17) is 28.3 Å². The summed E-state index contributed by atoms with van der Waals surface area (Å²) in [7, 11) is 0. The van der Waals surface area contributed by atoms with Gasteiger partial charge in [0.05, 0.1) is 6.61 Å². The summed E-state index contributed by atoms with van der Waals surface area (Å²) in [6.45, 7) is 2.68. The van der Waals surface area contributed by atoms with Gasteiger partial charge < -0.3 is 10.4 Å². The standard InChI is InChI=1S/C10H13Cl2NO/c1-7(13-2-3-14)8-4-9(11)6-10(12)5-8/h4-7,13-14H,2-3H2,1H3. The molecule has 2 N–H and O–H groups in total. The minimum Gasteiger partial charge on any atom is -0.395 e. The molecule has 0 fully saturated rings. The maximum Gasteiger partial charge on any atom is 0.0556 e. The van der Waals surface area contributed by atoms with Crippen LogP contribution < -0.4 is 5.32 Å². The van der Waals surface area contributed by atoms with Gasteiger partial charge in [-0.2, -0.15) is 0 Å². The molecule has 0 aliphatic rings. The summed E-state index contributed by atoms with van der Waals surface area (Å²) in [6, 6.07) is 5.56. The summed E-state index contributed by atoms with van der Waals surface area (Å²) < 4.78 is 0. The van der Waals surface area contributed by atoms with Crippen molar-refractivity contribution in [2.45, 2.75) is 13.0 Å². The van der Waals surface area contributed by atoms with Crippen molar-refractivity contribution in [2.24, 2.45) is 0 Å². The quantitative estimate of drug-likeness (QED) is 0.839. The van der Waals surface area contributed by atoms with Gasteiger partial charge in [-0.05, 0) is 30.7 Å². The highest BCUT2D eigenvalue weighted by Crippen LogP contribution is 2.23. The lowest BCUT2D eigenvalue weighted by molar-refractivity contribution is 0.286. The second-order valence-corrected chi connectivity index (χ2v) is 3.98. The van der Waals surface area contributed by atoms with Gasteiger partial charge in [0.1, 0.15) is 0 Å². The van der Waals surface area contributed by atoms with Crippen LogP contribution in [0.3, 0.4) is 0 Å². The molecule has 0 aliphatic carbocycles. The SMILES string of the molecule is CC(NCCO)c1cc(Cl)cc(Cl)c1. The van der Waals surface area contributed by atoms with Gasteiger partial charge in [0, 0.05) is 22.6 Å². The molecule has 0 spiro atoms. The summed E-state index contributed by atoms with van der Waals surface area (Å²) in [5, 5.41) is 13.1. The Morgan fingerprint density at radius 1 is 1.29 bits per heavy atom. The van der Waals surface area contributed by atoms with E-state index in [0.717, 1.165) is 5.56 Å². The van der Waals surface area contributed by atoms with Gasteiger partial charge in [-0.15, -0.1) is 0 Å². The monoisotopic (exact) mass is 233 g/mol. The van der Waals surface area contributed by atoms with Crippen molar-refractivity contribution in [1.29, 1.82) is 0 Å². The third kappa shape index (κ3) is 3.46. The van der Waals surface area contributed by atoms with Gasteiger partial charge in [-0.25, -0.2) is 0 Å². The fourth-order valence-corrected chi connectivity index (χ4v) is 1.77. The number of aliphatic hydroxyl groups excluding tert-OH is 1. The van der Waals surface area contributed by atoms with E-state index in [0.29, 0.717) is 16.6 Å². The minimum atomic E-state index is 0.124. The lowest BCUT2D eigenvalue weighted by atomic mass is 10.1. The molecule has 0 bridgehead atoms. The van der Waals surface area contributed by atoms with E-state index in [1.807, 2.05) is 19.1 Å². The highest BCUT2D eigenvalue weighted by molar-refractivity contribution is 6.34. The zero-order valence-corrected chi connectivity index (χ0v) is 9.44. The van der Waals surface area contributed by atoms with Crippen LogP contribution >= 0.6 is 23.2 Å². The number of aliphatic hydroxyl groups is 1. The summed E-state index contributed by atoms with van der Waals surface area (Å²) in [5.41, 5.74) is 1.02. The number of hydrogen-bond acceptors (Lipinski definition) is 2. The number of benzene rings is 1. The summed E-state index contributed by atoms with van der Waals surface area (Å²) in [6.07, 6.45) is 0. The maximum atomic E-state index is 8.66. The second-order valence-electron chi connectivity index (χ2n) is 3.10. The molecule has 0 saturated heterocycles. The molecular weight excluding hydrogens is 221 g/mol. The van der Waals surface area contributed by atoms with Crippen LogP contribution in [0.15, 0.2) is 18.2 Å². The molecule has 0 radical (unpaired) electrons. The lowest BCUT2D eigenvalue weighted by Gasteiger charge is -2.13. The Morgan fingerprint density at radius 3 is 2.36 bits per heavy atom. The predicted octanol–water partition coefficient (Wildman–Crippen LogP) is 2.64. The fraction of sp³-hybridized carbons (Fsp3) is 0.400. The fourth-order valence-electron chi connectivity index (χ4n) is 1.22. The topological polar surface area (TPSA) is 32.3 Å². The first-order valence-corrected chi connectivity index (χ1v) is 5.19. The van der Waals surface area contributed by atoms with Crippen molar-refractivity contribution >= 4 is 23.2 Å². The van der Waals surface area contributed by atoms with Crippen molar-refractivity contribution in [2.75, 3.05) is 13.2 Å². The molecule has 0 saturated carbocycles. The molecule has 1 aromatic rings. The normalized spacial score (nSPS) is 12.9. The largest absolute Gasteiger partial charge is 0.395 e. The van der Waals surface area contributed by atoms with Crippen LogP contribution in [0.5, 0.6) is 0 Å². The zero-order chi connectivity index (χ0) is 10.6. The number of hydrogen-bond donors (Lipinski definition) is 2. The smallest absolute Gasteiger partial charge is 0.0556 e. The summed E-state index contributed by atoms with van der Waals surface area (Å²) >= 11 is 11.7. The van der Waals surface area contributed by atoms with E-state index in [-0.39, 0.29) is 12.6 Å². The van der Waals surface area contributed by atoms with Gasteiger partial charge >= 0.3 is 0 Å². The van der Waals surface area contributed by atoms with Crippen molar-refractivity contribution in [3.05, 3.63) is 33.8 Å². The Kier molecular flexibility index (Phi) is 4.69. The maximum absolute atomic E-state index is 8.66. The Morgan fingerprint density at radius 2 is 1.86 bits per heavy atom. The highest BCUT2D eigenvalue weighted by Gasteiger charge is 2.05. The van der Waals surface area contributed by atoms with Crippen LogP contribution in [-0.4, -0.2) is 18.3 Å². The van der Waals surface area contributed by atoms with Crippen LogP contribution in [0.2, 0.25) is 10.0 Å². The number of rotatable bonds is 4. The molecule has 1 aromatic carbocycles. The van der Waals surface area contributed by atoms with Crippen LogP contribution in [0, 0.1) is 0 Å². The Balaban J connectivity index is 2.73. The Labute approximate surface area is 93.8 Å². The van der Waals surface area contributed by atoms with Crippen molar-refractivity contribution < 1.29 is 5.11 Å². The average molecular weight is 234 g/mol. The first-order valence-electron chi connectivity index (χ1n) is 4.43. The van der Waals surface area contributed by atoms with E-state index < -0.39 is 0 Å². The van der Waals surface area contributed by atoms with Gasteiger partial charge in [0.2, 0.25) is 0 Å². The average Bonchev–Trinajstić information content (AvgIpc) is 2.12. The third-order valence-corrected chi connectivity index (χ3v) is 2.38. The van der Waals surface area contributed by atoms with E-state index in [1.54, 1.807) is 6.07 Å². The number of halogens is 2. The van der Waals surface area contributed by atoms with E-state index in [2.05, 4.69) is 5.32 Å². The molecule has 2 nitrogen and oxygen atoms in total. The minimum absolute atomic E-state index is 0.124. The zero-order valence-electron chi connectivity index (χ0n) is 7.93. The van der Waals surface area contributed by atoms with Crippen LogP contribution in [0.25, 0.3) is 0 Å². The molecule has 4 heteroatoms. The highest BCUT2D eigenvalue weighted by atomic mass is 35.5. The van der Waals surface area contributed by atoms with E-state index in [9.17, 15) is 0 Å². The molecule has 0 aromatic heterocycles. The van der Waals surface area contributed by atoms with Crippen LogP contribution in [0.1, 0.15) is 18.5 Å². The Hall–Kier alpha value is -0.280. The molecule has 14 heavy (non-hydrogen) atoms. The summed E-state index contributed by atoms with van der Waals surface area (Å²) in [4.78, 5) is 0. The van der Waals surface area contributed by atoms with Gasteiger partial charge in [0.15, 0.2) is 0 Å². The van der Waals surface area contributed by atoms with E-state index in [1.165, 1.54) is 0 Å². The molecule has 0 amide bonds. The second kappa shape index (κ2) is 5.56. The van der Waals surface area contributed by atoms with Gasteiger partial charge in [0.25, 0.3) is 0 Å². The van der Waals surface area contributed by atoms with Crippen LogP contribution in [0.4, 0.5) is 0 Å². The molecule has 1 unspecified atom stereocenters. The van der Waals surface area contributed by atoms with Crippen molar-refractivity contribution in [1.82, 2.24) is 5.32 Å². The third-order valence-electron chi connectivity index (χ3n) is 1.95. The molecular formula is C10H13Cl2NO. The van der Waals surface area contributed by atoms with Crippen molar-refractivity contribution in [3.63, 3.8) is 0 Å². The van der Waals surface area contributed by atoms with Gasteiger partial charge in [-0.3, -0.25) is 0 Å². The first kappa shape index (κ1) is 11.8. The van der Waals surface area contributed by atoms with Gasteiger partial charge in [-0.1, -0.05) is 23.2 Å². The summed E-state index contributed by atoms with van der Waals surface area (Å²) in [5.74, 6) is 0. The number of nitrogens with one attached hydrogen (secondary N) is 1. The molecule has 1 atom stereocenters. The lowest BCUT2D eigenvalue weighted by Crippen LogP contribution is -2.22. The van der Waals surface area contributed by atoms with E-state index >= 15 is 0 Å². The molecule has 1 rings (SSSR count). The molecule has 78 valence electrons. The first-order chi connectivity index (χ1) is 6.63. The predicted molar refractivity (Wildman–Crippen MR) is 60.0 cm³/mol. The molecule has 0 heterocycles. The van der Waals surface area contributed by atoms with Crippen LogP contribution in [-0.2, 0) is 0 Å². The molecule has 0 aliphatic heterocycles. The Bertz CT molecular complexity index is 284.